The minimum absolute atomic E-state index is 0.311. The van der Waals surface area contributed by atoms with E-state index in [9.17, 15) is 0 Å². The van der Waals surface area contributed by atoms with E-state index in [4.69, 9.17) is 5.11 Å². The van der Waals surface area contributed by atoms with E-state index in [2.05, 4.69) is 36.1 Å². The van der Waals surface area contributed by atoms with Crippen molar-refractivity contribution in [2.24, 2.45) is 5.92 Å². The molecule has 0 aromatic heterocycles. The summed E-state index contributed by atoms with van der Waals surface area (Å²) in [5.41, 5.74) is 2.98. The van der Waals surface area contributed by atoms with Crippen LogP contribution < -0.4 is 0 Å². The first-order valence-corrected chi connectivity index (χ1v) is 6.19. The third-order valence-corrected chi connectivity index (χ3v) is 3.40. The van der Waals surface area contributed by atoms with Gasteiger partial charge in [0.25, 0.3) is 0 Å². The minimum atomic E-state index is 0.311. The molecule has 1 aromatic rings. The summed E-state index contributed by atoms with van der Waals surface area (Å²) in [5, 5.41) is 8.91. The molecule has 1 unspecified atom stereocenters. The summed E-state index contributed by atoms with van der Waals surface area (Å²) in [4.78, 5) is 2.50. The fourth-order valence-electron chi connectivity index (χ4n) is 2.46. The van der Waals surface area contributed by atoms with Gasteiger partial charge in [-0.15, -0.1) is 0 Å². The smallest absolute Gasteiger partial charge is 0.0434 e. The highest BCUT2D eigenvalue weighted by Crippen LogP contribution is 2.19. The van der Waals surface area contributed by atoms with Gasteiger partial charge in [-0.1, -0.05) is 31.2 Å². The molecule has 1 N–H and O–H groups in total. The number of nitrogens with zero attached hydrogens (tertiary/aromatic N) is 1. The molecule has 1 heterocycles. The number of aliphatic hydroxyl groups is 1. The van der Waals surface area contributed by atoms with E-state index < -0.39 is 0 Å². The standard InChI is InChI=1S/C14H21NO/c1-12(7-9-16)10-15-8-6-13-4-2-3-5-14(13)11-15/h2-5,12,16H,6-11H2,1H3. The van der Waals surface area contributed by atoms with Crippen molar-refractivity contribution in [3.8, 4) is 0 Å². The number of aliphatic hydroxyl groups excluding tert-OH is 1. The summed E-state index contributed by atoms with van der Waals surface area (Å²) in [6.45, 7) is 5.87. The zero-order valence-electron chi connectivity index (χ0n) is 10.0. The lowest BCUT2D eigenvalue weighted by molar-refractivity contribution is 0.191. The zero-order chi connectivity index (χ0) is 11.4. The van der Waals surface area contributed by atoms with Crippen molar-refractivity contribution in [3.05, 3.63) is 35.4 Å². The molecule has 2 nitrogen and oxygen atoms in total. The van der Waals surface area contributed by atoms with Crippen molar-refractivity contribution >= 4 is 0 Å². The first-order chi connectivity index (χ1) is 7.79. The van der Waals surface area contributed by atoms with Crippen LogP contribution in [0.15, 0.2) is 24.3 Å². The molecule has 88 valence electrons. The van der Waals surface area contributed by atoms with Crippen LogP contribution in [0.2, 0.25) is 0 Å². The van der Waals surface area contributed by atoms with E-state index in [0.717, 1.165) is 26.1 Å². The lowest BCUT2D eigenvalue weighted by Crippen LogP contribution is -2.34. The Balaban J connectivity index is 1.92. The molecule has 1 aromatic carbocycles. The second-order valence-corrected chi connectivity index (χ2v) is 4.87. The van der Waals surface area contributed by atoms with Gasteiger partial charge in [0.05, 0.1) is 0 Å². The van der Waals surface area contributed by atoms with E-state index in [1.165, 1.54) is 17.5 Å². The lowest BCUT2D eigenvalue weighted by Gasteiger charge is -2.30. The summed E-state index contributed by atoms with van der Waals surface area (Å²) < 4.78 is 0. The second-order valence-electron chi connectivity index (χ2n) is 4.87. The van der Waals surface area contributed by atoms with E-state index >= 15 is 0 Å². The van der Waals surface area contributed by atoms with Crippen LogP contribution in [-0.4, -0.2) is 29.7 Å². The Kier molecular flexibility index (Phi) is 3.97. The highest BCUT2D eigenvalue weighted by atomic mass is 16.3. The molecule has 0 fully saturated rings. The average molecular weight is 219 g/mol. The first-order valence-electron chi connectivity index (χ1n) is 6.19. The molecule has 0 saturated heterocycles. The van der Waals surface area contributed by atoms with Gasteiger partial charge in [0, 0.05) is 26.2 Å². The topological polar surface area (TPSA) is 23.5 Å². The highest BCUT2D eigenvalue weighted by Gasteiger charge is 2.16. The van der Waals surface area contributed by atoms with Crippen molar-refractivity contribution in [2.45, 2.75) is 26.3 Å². The van der Waals surface area contributed by atoms with Crippen LogP contribution in [0.1, 0.15) is 24.5 Å². The molecule has 1 aliphatic rings. The Morgan fingerprint density at radius 1 is 1.31 bits per heavy atom. The third-order valence-electron chi connectivity index (χ3n) is 3.40. The number of rotatable bonds is 4. The average Bonchev–Trinajstić information content (AvgIpc) is 2.29. The van der Waals surface area contributed by atoms with Gasteiger partial charge in [-0.3, -0.25) is 4.90 Å². The number of fused-ring (bicyclic) bond motifs is 1. The number of hydrogen-bond acceptors (Lipinski definition) is 2. The molecule has 0 radical (unpaired) electrons. The molecule has 2 rings (SSSR count). The molecule has 16 heavy (non-hydrogen) atoms. The fraction of sp³-hybridized carbons (Fsp3) is 0.571. The van der Waals surface area contributed by atoms with Gasteiger partial charge in [-0.05, 0) is 29.9 Å². The van der Waals surface area contributed by atoms with E-state index in [0.29, 0.717) is 12.5 Å². The molecule has 0 spiro atoms. The van der Waals surface area contributed by atoms with Crippen LogP contribution in [0.25, 0.3) is 0 Å². The van der Waals surface area contributed by atoms with E-state index in [1.54, 1.807) is 0 Å². The van der Waals surface area contributed by atoms with Crippen molar-refractivity contribution in [2.75, 3.05) is 19.7 Å². The molecule has 0 aliphatic carbocycles. The largest absolute Gasteiger partial charge is 0.396 e. The Morgan fingerprint density at radius 2 is 2.06 bits per heavy atom. The lowest BCUT2D eigenvalue weighted by atomic mass is 9.98. The molecule has 1 atom stereocenters. The summed E-state index contributed by atoms with van der Waals surface area (Å²) in [6, 6.07) is 8.73. The van der Waals surface area contributed by atoms with Crippen LogP contribution in [-0.2, 0) is 13.0 Å². The third kappa shape index (κ3) is 2.83. The molecule has 0 saturated carbocycles. The Hall–Kier alpha value is -0.860. The maximum Gasteiger partial charge on any atom is 0.0434 e. The molecule has 0 bridgehead atoms. The second kappa shape index (κ2) is 5.46. The summed E-state index contributed by atoms with van der Waals surface area (Å²) in [5.74, 6) is 0.593. The first kappa shape index (κ1) is 11.6. The predicted octanol–water partition coefficient (Wildman–Crippen LogP) is 2.06. The number of benzene rings is 1. The Bertz CT molecular complexity index is 337. The van der Waals surface area contributed by atoms with Gasteiger partial charge < -0.3 is 5.11 Å². The summed E-state index contributed by atoms with van der Waals surface area (Å²) >= 11 is 0. The van der Waals surface area contributed by atoms with Crippen LogP contribution >= 0.6 is 0 Å². The van der Waals surface area contributed by atoms with Gasteiger partial charge in [0.2, 0.25) is 0 Å². The van der Waals surface area contributed by atoms with Gasteiger partial charge in [-0.25, -0.2) is 0 Å². The normalized spacial score (nSPS) is 18.1. The molecular formula is C14H21NO. The zero-order valence-corrected chi connectivity index (χ0v) is 10.0. The van der Waals surface area contributed by atoms with Crippen molar-refractivity contribution in [1.82, 2.24) is 4.90 Å². The van der Waals surface area contributed by atoms with Gasteiger partial charge >= 0.3 is 0 Å². The SMILES string of the molecule is CC(CCO)CN1CCc2ccccc2C1. The summed E-state index contributed by atoms with van der Waals surface area (Å²) in [7, 11) is 0. The molecule has 2 heteroatoms. The van der Waals surface area contributed by atoms with Gasteiger partial charge in [-0.2, -0.15) is 0 Å². The van der Waals surface area contributed by atoms with Gasteiger partial charge in [0.15, 0.2) is 0 Å². The Labute approximate surface area is 97.9 Å². The van der Waals surface area contributed by atoms with Crippen LogP contribution in [0, 0.1) is 5.92 Å². The van der Waals surface area contributed by atoms with Crippen LogP contribution in [0.3, 0.4) is 0 Å². The predicted molar refractivity (Wildman–Crippen MR) is 66.3 cm³/mol. The van der Waals surface area contributed by atoms with Crippen molar-refractivity contribution in [3.63, 3.8) is 0 Å². The molecular weight excluding hydrogens is 198 g/mol. The van der Waals surface area contributed by atoms with E-state index in [-0.39, 0.29) is 0 Å². The van der Waals surface area contributed by atoms with E-state index in [1.807, 2.05) is 0 Å². The monoisotopic (exact) mass is 219 g/mol. The molecule has 0 amide bonds. The maximum atomic E-state index is 8.91. The Morgan fingerprint density at radius 3 is 2.81 bits per heavy atom. The molecule has 1 aliphatic heterocycles. The minimum Gasteiger partial charge on any atom is -0.396 e. The highest BCUT2D eigenvalue weighted by molar-refractivity contribution is 5.28. The fourth-order valence-corrected chi connectivity index (χ4v) is 2.46. The van der Waals surface area contributed by atoms with Crippen LogP contribution in [0.4, 0.5) is 0 Å². The summed E-state index contributed by atoms with van der Waals surface area (Å²) in [6.07, 6.45) is 2.08. The quantitative estimate of drug-likeness (QED) is 0.838. The number of hydrogen-bond donors (Lipinski definition) is 1. The van der Waals surface area contributed by atoms with Crippen molar-refractivity contribution < 1.29 is 5.11 Å². The van der Waals surface area contributed by atoms with Gasteiger partial charge in [0.1, 0.15) is 0 Å². The van der Waals surface area contributed by atoms with Crippen molar-refractivity contribution in [1.29, 1.82) is 0 Å². The van der Waals surface area contributed by atoms with Crippen LogP contribution in [0.5, 0.6) is 0 Å². The maximum absolute atomic E-state index is 8.91.